The Balaban J connectivity index is 1.59. The third-order valence-corrected chi connectivity index (χ3v) is 4.48. The molecule has 0 N–H and O–H groups in total. The van der Waals surface area contributed by atoms with Crippen LogP contribution in [0.2, 0.25) is 0 Å². The fourth-order valence-corrected chi connectivity index (χ4v) is 2.78. The van der Waals surface area contributed by atoms with Gasteiger partial charge in [0.15, 0.2) is 0 Å². The van der Waals surface area contributed by atoms with E-state index in [9.17, 15) is 0 Å². The van der Waals surface area contributed by atoms with Crippen LogP contribution in [0.5, 0.6) is 0 Å². The lowest BCUT2D eigenvalue weighted by Gasteiger charge is -2.32. The highest BCUT2D eigenvalue weighted by molar-refractivity contribution is 5.26. The molecule has 0 amide bonds. The molecule has 23 heavy (non-hydrogen) atoms. The molecule has 1 aliphatic heterocycles. The van der Waals surface area contributed by atoms with Gasteiger partial charge in [-0.1, -0.05) is 20.8 Å². The molecule has 2 aromatic rings. The van der Waals surface area contributed by atoms with E-state index in [-0.39, 0.29) is 5.41 Å². The second kappa shape index (κ2) is 6.45. The van der Waals surface area contributed by atoms with Gasteiger partial charge in [0.2, 0.25) is 0 Å². The Morgan fingerprint density at radius 2 is 1.83 bits per heavy atom. The van der Waals surface area contributed by atoms with Crippen LogP contribution in [0.3, 0.4) is 0 Å². The molecule has 0 unspecified atom stereocenters. The number of likely N-dealkylation sites (N-methyl/N-ethyl adjacent to an activating group) is 1. The van der Waals surface area contributed by atoms with Crippen molar-refractivity contribution in [2.75, 3.05) is 39.8 Å². The Bertz CT molecular complexity index is 628. The molecule has 6 nitrogen and oxygen atoms in total. The molecule has 1 fully saturated rings. The van der Waals surface area contributed by atoms with Crippen molar-refractivity contribution >= 4 is 0 Å². The van der Waals surface area contributed by atoms with Crippen molar-refractivity contribution in [3.63, 3.8) is 0 Å². The molecule has 2 aromatic heterocycles. The molecule has 1 aliphatic rings. The molecule has 0 aliphatic carbocycles. The van der Waals surface area contributed by atoms with Gasteiger partial charge in [0.05, 0.1) is 24.6 Å². The standard InChI is InChI=1S/C17H28N6/c1-17(2,3)16-5-6-23(19-16)15-13-18-22(14-15)12-11-21-9-7-20(4)8-10-21/h5-6,13-14H,7-12H2,1-4H3. The third-order valence-electron chi connectivity index (χ3n) is 4.48. The molecule has 0 atom stereocenters. The van der Waals surface area contributed by atoms with Gasteiger partial charge in [-0.05, 0) is 13.1 Å². The minimum Gasteiger partial charge on any atom is -0.304 e. The lowest BCUT2D eigenvalue weighted by molar-refractivity contribution is 0.149. The van der Waals surface area contributed by atoms with E-state index < -0.39 is 0 Å². The van der Waals surface area contributed by atoms with Gasteiger partial charge >= 0.3 is 0 Å². The van der Waals surface area contributed by atoms with Crippen molar-refractivity contribution in [1.29, 1.82) is 0 Å². The maximum absolute atomic E-state index is 4.67. The zero-order chi connectivity index (χ0) is 16.4. The van der Waals surface area contributed by atoms with Crippen molar-refractivity contribution in [2.24, 2.45) is 0 Å². The highest BCUT2D eigenvalue weighted by Crippen LogP contribution is 2.20. The molecular formula is C17H28N6. The van der Waals surface area contributed by atoms with E-state index in [0.29, 0.717) is 0 Å². The van der Waals surface area contributed by atoms with Crippen molar-refractivity contribution in [1.82, 2.24) is 29.4 Å². The summed E-state index contributed by atoms with van der Waals surface area (Å²) in [5.41, 5.74) is 2.20. The molecule has 3 rings (SSSR count). The summed E-state index contributed by atoms with van der Waals surface area (Å²) in [5.74, 6) is 0. The monoisotopic (exact) mass is 316 g/mol. The Labute approximate surface area is 138 Å². The molecule has 3 heterocycles. The van der Waals surface area contributed by atoms with Gasteiger partial charge in [-0.25, -0.2) is 4.68 Å². The first-order valence-corrected chi connectivity index (χ1v) is 8.42. The Morgan fingerprint density at radius 3 is 2.48 bits per heavy atom. The van der Waals surface area contributed by atoms with Crippen molar-refractivity contribution in [3.8, 4) is 5.69 Å². The van der Waals surface area contributed by atoms with Crippen LogP contribution in [0.1, 0.15) is 26.5 Å². The maximum Gasteiger partial charge on any atom is 0.102 e. The minimum absolute atomic E-state index is 0.0721. The first-order chi connectivity index (χ1) is 10.9. The van der Waals surface area contributed by atoms with Crippen molar-refractivity contribution in [3.05, 3.63) is 30.4 Å². The number of piperazine rings is 1. The number of hydrogen-bond donors (Lipinski definition) is 0. The molecule has 0 spiro atoms. The largest absolute Gasteiger partial charge is 0.304 e. The SMILES string of the molecule is CN1CCN(CCn2cc(-n3ccc(C(C)(C)C)n3)cn2)CC1. The van der Waals surface area contributed by atoms with E-state index in [1.807, 2.05) is 21.8 Å². The summed E-state index contributed by atoms with van der Waals surface area (Å²) < 4.78 is 3.94. The topological polar surface area (TPSA) is 42.1 Å². The van der Waals surface area contributed by atoms with E-state index >= 15 is 0 Å². The number of aromatic nitrogens is 4. The maximum atomic E-state index is 4.67. The Morgan fingerprint density at radius 1 is 1.09 bits per heavy atom. The van der Waals surface area contributed by atoms with Crippen LogP contribution in [-0.4, -0.2) is 69.1 Å². The fraction of sp³-hybridized carbons (Fsp3) is 0.647. The lowest BCUT2D eigenvalue weighted by atomic mass is 9.93. The molecular weight excluding hydrogens is 288 g/mol. The first kappa shape index (κ1) is 16.2. The molecule has 0 aromatic carbocycles. The highest BCUT2D eigenvalue weighted by atomic mass is 15.3. The van der Waals surface area contributed by atoms with Gasteiger partial charge in [0.25, 0.3) is 0 Å². The molecule has 0 radical (unpaired) electrons. The van der Waals surface area contributed by atoms with Crippen LogP contribution in [-0.2, 0) is 12.0 Å². The first-order valence-electron chi connectivity index (χ1n) is 8.42. The summed E-state index contributed by atoms with van der Waals surface area (Å²) in [6, 6.07) is 2.08. The summed E-state index contributed by atoms with van der Waals surface area (Å²) in [6.07, 6.45) is 5.99. The van der Waals surface area contributed by atoms with Crippen LogP contribution in [0.4, 0.5) is 0 Å². The smallest absolute Gasteiger partial charge is 0.102 e. The van der Waals surface area contributed by atoms with Crippen molar-refractivity contribution < 1.29 is 0 Å². The average Bonchev–Trinajstić information content (AvgIpc) is 3.15. The second-order valence-corrected chi connectivity index (χ2v) is 7.50. The third kappa shape index (κ3) is 4.00. The molecule has 126 valence electrons. The predicted octanol–water partition coefficient (Wildman–Crippen LogP) is 1.61. The summed E-state index contributed by atoms with van der Waals surface area (Å²) >= 11 is 0. The van der Waals surface area contributed by atoms with Crippen LogP contribution >= 0.6 is 0 Å². The normalized spacial score (nSPS) is 17.7. The van der Waals surface area contributed by atoms with Gasteiger partial charge in [0.1, 0.15) is 5.69 Å². The Hall–Kier alpha value is -1.66. The van der Waals surface area contributed by atoms with E-state index in [4.69, 9.17) is 0 Å². The molecule has 0 bridgehead atoms. The van der Waals surface area contributed by atoms with Gasteiger partial charge in [0, 0.05) is 44.3 Å². The van der Waals surface area contributed by atoms with Crippen LogP contribution in [0.15, 0.2) is 24.7 Å². The van der Waals surface area contributed by atoms with Crippen LogP contribution < -0.4 is 0 Å². The zero-order valence-corrected chi connectivity index (χ0v) is 14.7. The van der Waals surface area contributed by atoms with Gasteiger partial charge < -0.3 is 4.90 Å². The minimum atomic E-state index is 0.0721. The van der Waals surface area contributed by atoms with E-state index in [2.05, 4.69) is 60.1 Å². The highest BCUT2D eigenvalue weighted by Gasteiger charge is 2.17. The Kier molecular flexibility index (Phi) is 4.55. The number of hydrogen-bond acceptors (Lipinski definition) is 4. The van der Waals surface area contributed by atoms with Crippen LogP contribution in [0, 0.1) is 0 Å². The van der Waals surface area contributed by atoms with E-state index in [1.165, 1.54) is 0 Å². The van der Waals surface area contributed by atoms with E-state index in [0.717, 1.165) is 50.6 Å². The van der Waals surface area contributed by atoms with Gasteiger partial charge in [-0.3, -0.25) is 9.58 Å². The average molecular weight is 316 g/mol. The van der Waals surface area contributed by atoms with Crippen LogP contribution in [0.25, 0.3) is 5.69 Å². The molecule has 1 saturated heterocycles. The van der Waals surface area contributed by atoms with Gasteiger partial charge in [-0.15, -0.1) is 0 Å². The quantitative estimate of drug-likeness (QED) is 0.859. The molecule has 0 saturated carbocycles. The predicted molar refractivity (Wildman–Crippen MR) is 92.0 cm³/mol. The van der Waals surface area contributed by atoms with Crippen molar-refractivity contribution in [2.45, 2.75) is 32.7 Å². The summed E-state index contributed by atoms with van der Waals surface area (Å²) in [4.78, 5) is 4.89. The fourth-order valence-electron chi connectivity index (χ4n) is 2.78. The number of rotatable bonds is 4. The lowest BCUT2D eigenvalue weighted by Crippen LogP contribution is -2.45. The summed E-state index contributed by atoms with van der Waals surface area (Å²) in [7, 11) is 2.19. The zero-order valence-electron chi connectivity index (χ0n) is 14.7. The summed E-state index contributed by atoms with van der Waals surface area (Å²) in [5, 5.41) is 9.15. The number of nitrogens with zero attached hydrogens (tertiary/aromatic N) is 6. The van der Waals surface area contributed by atoms with Gasteiger partial charge in [-0.2, -0.15) is 10.2 Å². The van der Waals surface area contributed by atoms with E-state index in [1.54, 1.807) is 0 Å². The summed E-state index contributed by atoms with van der Waals surface area (Å²) in [6.45, 7) is 13.1. The second-order valence-electron chi connectivity index (χ2n) is 7.50. The molecule has 6 heteroatoms.